The summed E-state index contributed by atoms with van der Waals surface area (Å²) in [5.41, 5.74) is 26.1. The molecule has 1 amide bonds. The summed E-state index contributed by atoms with van der Waals surface area (Å²) in [7, 11) is 1.49. The zero-order chi connectivity index (χ0) is 30.0. The van der Waals surface area contributed by atoms with Gasteiger partial charge in [0.25, 0.3) is 5.91 Å². The molecule has 0 bridgehead atoms. The number of amides is 1. The van der Waals surface area contributed by atoms with Crippen molar-refractivity contribution >= 4 is 46.7 Å². The maximum Gasteiger partial charge on any atom is 0.259 e. The van der Waals surface area contributed by atoms with E-state index in [1.54, 1.807) is 18.2 Å². The number of methoxy groups -OCH3 is 1. The van der Waals surface area contributed by atoms with Gasteiger partial charge in [-0.3, -0.25) is 4.79 Å². The van der Waals surface area contributed by atoms with E-state index >= 15 is 0 Å². The van der Waals surface area contributed by atoms with Crippen LogP contribution in [0.5, 0.6) is 11.5 Å². The van der Waals surface area contributed by atoms with Crippen molar-refractivity contribution in [3.63, 3.8) is 0 Å². The lowest BCUT2D eigenvalue weighted by atomic mass is 10.0. The largest absolute Gasteiger partial charge is 0.507 e. The highest BCUT2D eigenvalue weighted by atomic mass is 35.5. The number of rotatable bonds is 7. The molecule has 4 atom stereocenters. The van der Waals surface area contributed by atoms with Gasteiger partial charge in [-0.05, 0) is 43.2 Å². The molecule has 2 aromatic carbocycles. The molecular weight excluding hydrogens is 562 g/mol. The summed E-state index contributed by atoms with van der Waals surface area (Å²) in [6.45, 7) is 2.23. The molecule has 0 unspecified atom stereocenters. The molecule has 224 valence electrons. The minimum atomic E-state index is -0.522. The topological polar surface area (TPSA) is 220 Å². The standard InChI is InChI=1S/C27H36ClN11O3/c1-42-23-9-19(3-5-21(23)34-24(41)20-4-2-14(28)6-22(20)40)33-25-35-26(38-10-15(29)7-16(30)11-38)37-27(36-25)39-12-17(31)8-18(32)13-39/h2-6,9,15-18,40H,7-8,10-13,29-32H2,1H3,(H,34,41)(H,33,35,36,37)/t15-,16+,17-,18+. The Labute approximate surface area is 248 Å². The molecule has 0 radical (unpaired) electrons. The maximum absolute atomic E-state index is 12.8. The molecule has 0 aliphatic carbocycles. The summed E-state index contributed by atoms with van der Waals surface area (Å²) in [5, 5.41) is 16.4. The first-order valence-corrected chi connectivity index (χ1v) is 14.0. The van der Waals surface area contributed by atoms with Crippen LogP contribution in [0.4, 0.5) is 29.2 Å². The zero-order valence-corrected chi connectivity index (χ0v) is 24.0. The van der Waals surface area contributed by atoms with E-state index in [2.05, 4.69) is 20.6 Å². The molecule has 11 N–H and O–H groups in total. The van der Waals surface area contributed by atoms with E-state index in [1.165, 1.54) is 25.3 Å². The van der Waals surface area contributed by atoms with Crippen LogP contribution < -0.4 is 48.1 Å². The molecule has 2 fully saturated rings. The highest BCUT2D eigenvalue weighted by Gasteiger charge is 2.29. The molecule has 1 aromatic heterocycles. The first-order chi connectivity index (χ1) is 20.1. The fraction of sp³-hybridized carbons (Fsp3) is 0.407. The Balaban J connectivity index is 1.42. The number of phenolic OH excluding ortho intramolecular Hbond substituents is 1. The van der Waals surface area contributed by atoms with E-state index in [1.807, 2.05) is 9.80 Å². The number of aromatic hydroxyl groups is 1. The number of ether oxygens (including phenoxy) is 1. The summed E-state index contributed by atoms with van der Waals surface area (Å²) in [6.07, 6.45) is 1.44. The Morgan fingerprint density at radius 2 is 1.48 bits per heavy atom. The first kappa shape index (κ1) is 29.5. The Hall–Kier alpha value is -3.95. The molecule has 15 heteroatoms. The fourth-order valence-corrected chi connectivity index (χ4v) is 5.43. The number of nitrogens with two attached hydrogens (primary N) is 4. The number of phenols is 1. The van der Waals surface area contributed by atoms with Crippen LogP contribution in [-0.4, -0.2) is 83.4 Å². The van der Waals surface area contributed by atoms with Gasteiger partial charge in [0.1, 0.15) is 11.5 Å². The number of anilines is 5. The van der Waals surface area contributed by atoms with E-state index in [4.69, 9.17) is 44.3 Å². The van der Waals surface area contributed by atoms with Gasteiger partial charge in [0.05, 0.1) is 18.4 Å². The number of benzene rings is 2. The van der Waals surface area contributed by atoms with Crippen LogP contribution >= 0.6 is 11.6 Å². The van der Waals surface area contributed by atoms with Gasteiger partial charge in [0.15, 0.2) is 0 Å². The monoisotopic (exact) mass is 597 g/mol. The third-order valence-corrected chi connectivity index (χ3v) is 7.35. The van der Waals surface area contributed by atoms with Gasteiger partial charge in [-0.25, -0.2) is 0 Å². The Bertz CT molecular complexity index is 1380. The molecule has 2 aliphatic heterocycles. The molecule has 2 saturated heterocycles. The number of carbonyl (C=O) groups excluding carboxylic acids is 1. The number of carbonyl (C=O) groups is 1. The van der Waals surface area contributed by atoms with Crippen molar-refractivity contribution in [3.8, 4) is 11.5 Å². The predicted octanol–water partition coefficient (Wildman–Crippen LogP) is 0.965. The molecular formula is C27H36ClN11O3. The van der Waals surface area contributed by atoms with Gasteiger partial charge >= 0.3 is 0 Å². The van der Waals surface area contributed by atoms with Crippen LogP contribution in [0, 0.1) is 0 Å². The summed E-state index contributed by atoms with van der Waals surface area (Å²) in [4.78, 5) is 30.8. The minimum absolute atomic E-state index is 0.0724. The highest BCUT2D eigenvalue weighted by Crippen LogP contribution is 2.31. The van der Waals surface area contributed by atoms with E-state index in [0.29, 0.717) is 66.2 Å². The molecule has 0 spiro atoms. The molecule has 3 aromatic rings. The van der Waals surface area contributed by atoms with Crippen LogP contribution in [0.1, 0.15) is 23.2 Å². The van der Waals surface area contributed by atoms with Crippen molar-refractivity contribution < 1.29 is 14.6 Å². The van der Waals surface area contributed by atoms with Gasteiger partial charge in [-0.2, -0.15) is 15.0 Å². The third kappa shape index (κ3) is 6.91. The highest BCUT2D eigenvalue weighted by molar-refractivity contribution is 6.31. The van der Waals surface area contributed by atoms with E-state index in [-0.39, 0.29) is 35.5 Å². The van der Waals surface area contributed by atoms with Crippen molar-refractivity contribution in [2.45, 2.75) is 37.0 Å². The number of piperidine rings is 2. The average molecular weight is 598 g/mol. The third-order valence-electron chi connectivity index (χ3n) is 7.12. The van der Waals surface area contributed by atoms with Crippen molar-refractivity contribution in [1.82, 2.24) is 15.0 Å². The lowest BCUT2D eigenvalue weighted by Crippen LogP contribution is -2.54. The lowest BCUT2D eigenvalue weighted by molar-refractivity contribution is 0.102. The SMILES string of the molecule is COc1cc(Nc2nc(N3C[C@H](N)C[C@H](N)C3)nc(N3C[C@H](N)C[C@H](N)C3)n2)ccc1NC(=O)c1ccc(Cl)cc1O. The van der Waals surface area contributed by atoms with Crippen LogP contribution in [0.15, 0.2) is 36.4 Å². The number of halogens is 1. The number of aromatic nitrogens is 3. The molecule has 5 rings (SSSR count). The van der Waals surface area contributed by atoms with Crippen molar-refractivity contribution in [2.24, 2.45) is 22.9 Å². The van der Waals surface area contributed by atoms with Crippen LogP contribution in [0.2, 0.25) is 5.02 Å². The Kier molecular flexibility index (Phi) is 8.80. The molecule has 14 nitrogen and oxygen atoms in total. The predicted molar refractivity (Wildman–Crippen MR) is 163 cm³/mol. The zero-order valence-electron chi connectivity index (χ0n) is 23.2. The van der Waals surface area contributed by atoms with Crippen molar-refractivity contribution in [1.29, 1.82) is 0 Å². The quantitative estimate of drug-likeness (QED) is 0.202. The normalized spacial score (nSPS) is 22.5. The first-order valence-electron chi connectivity index (χ1n) is 13.6. The van der Waals surface area contributed by atoms with Crippen LogP contribution in [-0.2, 0) is 0 Å². The number of hydrogen-bond acceptors (Lipinski definition) is 13. The number of nitrogens with zero attached hydrogens (tertiary/aromatic N) is 5. The lowest BCUT2D eigenvalue weighted by Gasteiger charge is -2.37. The van der Waals surface area contributed by atoms with E-state index in [0.717, 1.165) is 12.8 Å². The summed E-state index contributed by atoms with van der Waals surface area (Å²) >= 11 is 5.89. The fourth-order valence-electron chi connectivity index (χ4n) is 5.26. The number of nitrogens with one attached hydrogen (secondary N) is 2. The van der Waals surface area contributed by atoms with Crippen LogP contribution in [0.3, 0.4) is 0 Å². The summed E-state index contributed by atoms with van der Waals surface area (Å²) in [6, 6.07) is 8.93. The van der Waals surface area contributed by atoms with Gasteiger partial charge in [-0.1, -0.05) is 11.6 Å². The summed E-state index contributed by atoms with van der Waals surface area (Å²) in [5.74, 6) is 0.798. The van der Waals surface area contributed by atoms with Crippen molar-refractivity contribution in [3.05, 3.63) is 47.0 Å². The second-order valence-corrected chi connectivity index (χ2v) is 11.2. The van der Waals surface area contributed by atoms with Gasteiger partial charge in [-0.15, -0.1) is 0 Å². The molecule has 2 aliphatic rings. The van der Waals surface area contributed by atoms with Gasteiger partial charge in [0.2, 0.25) is 17.8 Å². The smallest absolute Gasteiger partial charge is 0.259 e. The van der Waals surface area contributed by atoms with Crippen LogP contribution in [0.25, 0.3) is 0 Å². The second-order valence-electron chi connectivity index (χ2n) is 10.7. The molecule has 0 saturated carbocycles. The summed E-state index contributed by atoms with van der Waals surface area (Å²) < 4.78 is 5.53. The average Bonchev–Trinajstić information content (AvgIpc) is 2.92. The Morgan fingerprint density at radius 1 is 0.905 bits per heavy atom. The van der Waals surface area contributed by atoms with E-state index < -0.39 is 5.91 Å². The van der Waals surface area contributed by atoms with Gasteiger partial charge in [0, 0.05) is 67.1 Å². The van der Waals surface area contributed by atoms with Crippen molar-refractivity contribution in [2.75, 3.05) is 53.7 Å². The maximum atomic E-state index is 12.8. The molecule has 42 heavy (non-hydrogen) atoms. The Morgan fingerprint density at radius 3 is 2.00 bits per heavy atom. The van der Waals surface area contributed by atoms with E-state index in [9.17, 15) is 9.90 Å². The molecule has 3 heterocycles. The number of hydrogen-bond donors (Lipinski definition) is 7. The minimum Gasteiger partial charge on any atom is -0.507 e. The second kappa shape index (κ2) is 12.5. The van der Waals surface area contributed by atoms with Gasteiger partial charge < -0.3 is 53.2 Å².